The van der Waals surface area contributed by atoms with Gasteiger partial charge in [-0.2, -0.15) is 0 Å². The van der Waals surface area contributed by atoms with Crippen molar-refractivity contribution >= 4 is 33.5 Å². The lowest BCUT2D eigenvalue weighted by atomic mass is 9.84. The minimum Gasteiger partial charge on any atom is -0.493 e. The second-order valence-corrected chi connectivity index (χ2v) is 14.7. The quantitative estimate of drug-likeness (QED) is 0.0850. The van der Waals surface area contributed by atoms with E-state index in [1.807, 2.05) is 48.5 Å². The second kappa shape index (κ2) is 15.4. The molecule has 10 heteroatoms. The molecule has 6 aromatic carbocycles. The maximum Gasteiger partial charge on any atom is 0.346 e. The number of esters is 2. The third-order valence-electron chi connectivity index (χ3n) is 11.0. The van der Waals surface area contributed by atoms with E-state index in [1.54, 1.807) is 24.3 Å². The van der Waals surface area contributed by atoms with E-state index in [9.17, 15) is 9.59 Å². The van der Waals surface area contributed by atoms with Gasteiger partial charge in [0.1, 0.15) is 34.6 Å². The summed E-state index contributed by atoms with van der Waals surface area (Å²) in [4.78, 5) is 27.5. The Labute approximate surface area is 322 Å². The third-order valence-corrected chi connectivity index (χ3v) is 11.0. The molecule has 0 amide bonds. The van der Waals surface area contributed by atoms with E-state index in [2.05, 4.69) is 13.8 Å². The van der Waals surface area contributed by atoms with Gasteiger partial charge in [-0.3, -0.25) is 0 Å². The van der Waals surface area contributed by atoms with Gasteiger partial charge in [-0.15, -0.1) is 0 Å². The fourth-order valence-corrected chi connectivity index (χ4v) is 7.03. The van der Waals surface area contributed by atoms with Crippen molar-refractivity contribution in [3.05, 3.63) is 132 Å². The van der Waals surface area contributed by atoms with Gasteiger partial charge in [0.15, 0.2) is 0 Å². The monoisotopic (exact) mass is 758 g/mol. The van der Waals surface area contributed by atoms with Gasteiger partial charge in [-0.25, -0.2) is 18.4 Å². The van der Waals surface area contributed by atoms with Crippen molar-refractivity contribution in [3.8, 4) is 34.1 Å². The smallest absolute Gasteiger partial charge is 0.346 e. The van der Waals surface area contributed by atoms with Crippen molar-refractivity contribution in [2.75, 3.05) is 39.6 Å². The fraction of sp³-hybridized carbons (Fsp3) is 0.261. The van der Waals surface area contributed by atoms with Gasteiger partial charge in [0.25, 0.3) is 0 Å². The van der Waals surface area contributed by atoms with Crippen LogP contribution in [0.25, 0.3) is 32.7 Å². The van der Waals surface area contributed by atoms with Crippen LogP contribution in [-0.4, -0.2) is 51.6 Å². The average Bonchev–Trinajstić information content (AvgIpc) is 3.17. The number of ether oxygens (including phenoxy) is 6. The van der Waals surface area contributed by atoms with Gasteiger partial charge in [0.2, 0.25) is 0 Å². The summed E-state index contributed by atoms with van der Waals surface area (Å²) >= 11 is 0. The van der Waals surface area contributed by atoms with Crippen LogP contribution >= 0.6 is 0 Å². The summed E-state index contributed by atoms with van der Waals surface area (Å²) in [6.45, 7) is 7.17. The number of carbonyl (C=O) groups excluding carboxylic acids is 2. The van der Waals surface area contributed by atoms with E-state index < -0.39 is 23.6 Å². The van der Waals surface area contributed by atoms with Crippen LogP contribution in [-0.2, 0) is 9.47 Å². The highest BCUT2D eigenvalue weighted by Gasteiger charge is 2.38. The molecule has 0 spiro atoms. The molecular weight excluding hydrogens is 718 g/mol. The first-order valence-corrected chi connectivity index (χ1v) is 18.7. The zero-order valence-electron chi connectivity index (χ0n) is 31.1. The Morgan fingerprint density at radius 1 is 0.571 bits per heavy atom. The summed E-state index contributed by atoms with van der Waals surface area (Å²) in [6.07, 6.45) is 1.73. The van der Waals surface area contributed by atoms with Crippen LogP contribution in [0.2, 0.25) is 0 Å². The van der Waals surface area contributed by atoms with Crippen LogP contribution < -0.4 is 18.9 Å². The van der Waals surface area contributed by atoms with E-state index >= 15 is 8.78 Å². The second-order valence-electron chi connectivity index (χ2n) is 14.7. The molecule has 2 aliphatic rings. The van der Waals surface area contributed by atoms with E-state index in [4.69, 9.17) is 28.4 Å². The largest absolute Gasteiger partial charge is 0.493 e. The molecule has 8 rings (SSSR count). The van der Waals surface area contributed by atoms with Gasteiger partial charge in [-0.05, 0) is 70.8 Å². The molecule has 2 saturated heterocycles. The molecule has 0 radical (unpaired) electrons. The SMILES string of the molecule is CCC1(COc2ccc(C(=O)Oc3ccc4ccccc4c3-c3c(OC(=O)c4ccc(OCC5(CC)COC5)cc4F)ccc4ccccc34)c(F)c2)COC1. The van der Waals surface area contributed by atoms with E-state index in [0.717, 1.165) is 23.6 Å². The van der Waals surface area contributed by atoms with Crippen molar-refractivity contribution < 1.29 is 46.8 Å². The van der Waals surface area contributed by atoms with Gasteiger partial charge in [0.05, 0.1) is 61.6 Å². The van der Waals surface area contributed by atoms with Gasteiger partial charge in [0, 0.05) is 23.3 Å². The molecule has 6 aromatic rings. The number of fused-ring (bicyclic) bond motifs is 2. The molecule has 0 N–H and O–H groups in total. The minimum atomic E-state index is -0.930. The first-order valence-electron chi connectivity index (χ1n) is 18.7. The van der Waals surface area contributed by atoms with E-state index in [-0.39, 0.29) is 33.5 Å². The number of hydrogen-bond donors (Lipinski definition) is 0. The number of carbonyl (C=O) groups is 2. The first kappa shape index (κ1) is 37.1. The normalized spacial score (nSPS) is 15.4. The Balaban J connectivity index is 1.12. The third kappa shape index (κ3) is 7.18. The predicted molar refractivity (Wildman–Crippen MR) is 208 cm³/mol. The minimum absolute atomic E-state index is 0.103. The zero-order valence-corrected chi connectivity index (χ0v) is 31.1. The molecule has 2 aliphatic heterocycles. The highest BCUT2D eigenvalue weighted by Crippen LogP contribution is 2.46. The standard InChI is InChI=1S/C46H40F2O8/c1-3-45(23-51-24-45)27-53-31-15-17-35(37(47)21-31)43(49)55-39-19-13-29-9-5-7-11-33(29)41(39)42-34-12-8-6-10-30(34)14-20-40(42)56-44(50)36-18-16-32(22-38(36)48)54-28-46(4-2)25-52-26-46/h5-22H,3-4,23-28H2,1-2H3. The number of hydrogen-bond acceptors (Lipinski definition) is 8. The van der Waals surface area contributed by atoms with Crippen molar-refractivity contribution in [3.63, 3.8) is 0 Å². The van der Waals surface area contributed by atoms with Crippen LogP contribution in [0.5, 0.6) is 23.0 Å². The zero-order chi connectivity index (χ0) is 38.9. The van der Waals surface area contributed by atoms with Crippen LogP contribution in [0.1, 0.15) is 47.4 Å². The van der Waals surface area contributed by atoms with E-state index in [0.29, 0.717) is 73.0 Å². The molecular formula is C46H40F2O8. The Bertz CT molecular complexity index is 2270. The van der Waals surface area contributed by atoms with Crippen LogP contribution in [0.3, 0.4) is 0 Å². The highest BCUT2D eigenvalue weighted by atomic mass is 19.1. The number of halogens is 2. The summed E-state index contributed by atoms with van der Waals surface area (Å²) in [7, 11) is 0. The predicted octanol–water partition coefficient (Wildman–Crippen LogP) is 9.99. The summed E-state index contributed by atoms with van der Waals surface area (Å²) in [5, 5.41) is 2.97. The number of rotatable bonds is 13. The van der Waals surface area contributed by atoms with Gasteiger partial charge in [-0.1, -0.05) is 74.5 Å². The van der Waals surface area contributed by atoms with Crippen molar-refractivity contribution in [2.24, 2.45) is 10.8 Å². The molecule has 0 saturated carbocycles. The first-order chi connectivity index (χ1) is 27.2. The molecule has 0 atom stereocenters. The van der Waals surface area contributed by atoms with Crippen LogP contribution in [0, 0.1) is 22.5 Å². The summed E-state index contributed by atoms with van der Waals surface area (Å²) in [5.41, 5.74) is 0.0780. The lowest BCUT2D eigenvalue weighted by Gasteiger charge is -2.40. The van der Waals surface area contributed by atoms with Crippen LogP contribution in [0.4, 0.5) is 8.78 Å². The number of benzene rings is 6. The van der Waals surface area contributed by atoms with Gasteiger partial charge < -0.3 is 28.4 Å². The Morgan fingerprint density at radius 2 is 0.982 bits per heavy atom. The summed E-state index contributed by atoms with van der Waals surface area (Å²) < 4.78 is 65.6. The van der Waals surface area contributed by atoms with Crippen LogP contribution in [0.15, 0.2) is 109 Å². The fourth-order valence-electron chi connectivity index (χ4n) is 7.03. The maximum absolute atomic E-state index is 15.5. The molecule has 0 aliphatic carbocycles. The van der Waals surface area contributed by atoms with Crippen molar-refractivity contribution in [2.45, 2.75) is 26.7 Å². The molecule has 8 nitrogen and oxygen atoms in total. The Kier molecular flexibility index (Phi) is 10.2. The molecule has 0 unspecified atom stereocenters. The molecule has 0 bridgehead atoms. The summed E-state index contributed by atoms with van der Waals surface area (Å²) in [5.74, 6) is -2.67. The average molecular weight is 759 g/mol. The van der Waals surface area contributed by atoms with Gasteiger partial charge >= 0.3 is 11.9 Å². The highest BCUT2D eigenvalue weighted by molar-refractivity contribution is 6.11. The molecule has 2 heterocycles. The molecule has 56 heavy (non-hydrogen) atoms. The topological polar surface area (TPSA) is 89.5 Å². The van der Waals surface area contributed by atoms with Crippen molar-refractivity contribution in [1.29, 1.82) is 0 Å². The molecule has 2 fully saturated rings. The lowest BCUT2D eigenvalue weighted by Crippen LogP contribution is -2.46. The Hall–Kier alpha value is -5.84. The van der Waals surface area contributed by atoms with Crippen molar-refractivity contribution in [1.82, 2.24) is 0 Å². The molecule has 286 valence electrons. The molecule has 0 aromatic heterocycles. The van der Waals surface area contributed by atoms with E-state index in [1.165, 1.54) is 36.4 Å². The maximum atomic E-state index is 15.5. The summed E-state index contributed by atoms with van der Waals surface area (Å²) in [6, 6.07) is 29.9. The lowest BCUT2D eigenvalue weighted by molar-refractivity contribution is -0.133. The Morgan fingerprint density at radius 3 is 1.34 bits per heavy atom.